The van der Waals surface area contributed by atoms with Crippen molar-refractivity contribution in [3.8, 4) is 0 Å². The Morgan fingerprint density at radius 3 is 2.35 bits per heavy atom. The average molecular weight is 341 g/mol. The molecule has 128 valence electrons. The van der Waals surface area contributed by atoms with Crippen molar-refractivity contribution in [2.75, 3.05) is 18.8 Å². The van der Waals surface area contributed by atoms with Crippen molar-refractivity contribution in [1.82, 2.24) is 4.90 Å². The third-order valence-electron chi connectivity index (χ3n) is 4.22. The molecule has 23 heavy (non-hydrogen) atoms. The molecule has 1 heterocycles. The van der Waals surface area contributed by atoms with Gasteiger partial charge >= 0.3 is 10.2 Å². The Bertz CT molecular complexity index is 662. The number of nitrogens with zero attached hydrogens (tertiary/aromatic N) is 1. The van der Waals surface area contributed by atoms with Gasteiger partial charge < -0.3 is 4.90 Å². The fourth-order valence-electron chi connectivity index (χ4n) is 2.90. The molecule has 4 nitrogen and oxygen atoms in total. The second-order valence-corrected chi connectivity index (χ2v) is 8.72. The Balaban J connectivity index is 1.90. The fourth-order valence-corrected chi connectivity index (χ4v) is 3.69. The van der Waals surface area contributed by atoms with E-state index in [-0.39, 0.29) is 17.7 Å². The van der Waals surface area contributed by atoms with Crippen LogP contribution in [0.25, 0.3) is 0 Å². The Morgan fingerprint density at radius 1 is 1.22 bits per heavy atom. The SMILES string of the molecule is CC(C)(C)c1ccc(CCN2CC(CS(=O)(=O)F)CC2=O)cc1. The summed E-state index contributed by atoms with van der Waals surface area (Å²) in [5, 5.41) is 0. The Labute approximate surface area is 137 Å². The van der Waals surface area contributed by atoms with Crippen LogP contribution in [-0.4, -0.2) is 38.1 Å². The maximum atomic E-state index is 12.7. The van der Waals surface area contributed by atoms with E-state index >= 15 is 0 Å². The first-order valence-electron chi connectivity index (χ1n) is 7.84. The summed E-state index contributed by atoms with van der Waals surface area (Å²) in [6.45, 7) is 7.33. The first kappa shape index (κ1) is 17.9. The lowest BCUT2D eigenvalue weighted by Crippen LogP contribution is -2.28. The van der Waals surface area contributed by atoms with E-state index in [1.54, 1.807) is 4.90 Å². The van der Waals surface area contributed by atoms with E-state index < -0.39 is 21.9 Å². The van der Waals surface area contributed by atoms with Gasteiger partial charge in [-0.05, 0) is 23.0 Å². The molecule has 0 bridgehead atoms. The molecule has 1 amide bonds. The van der Waals surface area contributed by atoms with Crippen molar-refractivity contribution in [2.45, 2.75) is 39.0 Å². The Morgan fingerprint density at radius 2 is 1.83 bits per heavy atom. The van der Waals surface area contributed by atoms with Crippen molar-refractivity contribution in [3.63, 3.8) is 0 Å². The molecule has 0 N–H and O–H groups in total. The summed E-state index contributed by atoms with van der Waals surface area (Å²) in [6.07, 6.45) is 0.831. The van der Waals surface area contributed by atoms with Crippen LogP contribution < -0.4 is 0 Å². The van der Waals surface area contributed by atoms with Gasteiger partial charge in [-0.1, -0.05) is 45.0 Å². The first-order valence-corrected chi connectivity index (χ1v) is 9.39. The predicted molar refractivity (Wildman–Crippen MR) is 88.4 cm³/mol. The van der Waals surface area contributed by atoms with Gasteiger partial charge in [-0.25, -0.2) is 0 Å². The number of amides is 1. The molecular formula is C17H24FNO3S. The number of rotatable bonds is 5. The van der Waals surface area contributed by atoms with E-state index in [9.17, 15) is 17.1 Å². The van der Waals surface area contributed by atoms with Gasteiger partial charge in [-0.2, -0.15) is 8.42 Å². The van der Waals surface area contributed by atoms with Gasteiger partial charge in [0.1, 0.15) is 0 Å². The molecule has 1 aromatic carbocycles. The van der Waals surface area contributed by atoms with Crippen LogP contribution in [0.15, 0.2) is 24.3 Å². The van der Waals surface area contributed by atoms with E-state index in [1.165, 1.54) is 5.56 Å². The molecule has 2 rings (SSSR count). The van der Waals surface area contributed by atoms with E-state index in [1.807, 2.05) is 0 Å². The van der Waals surface area contributed by atoms with Crippen LogP contribution >= 0.6 is 0 Å². The summed E-state index contributed by atoms with van der Waals surface area (Å²) < 4.78 is 34.1. The van der Waals surface area contributed by atoms with Gasteiger partial charge in [0.05, 0.1) is 5.75 Å². The van der Waals surface area contributed by atoms with E-state index in [4.69, 9.17) is 0 Å². The quantitative estimate of drug-likeness (QED) is 0.774. The van der Waals surface area contributed by atoms with Gasteiger partial charge in [0.25, 0.3) is 0 Å². The fraction of sp³-hybridized carbons (Fsp3) is 0.588. The zero-order valence-corrected chi connectivity index (χ0v) is 14.7. The largest absolute Gasteiger partial charge is 0.342 e. The minimum absolute atomic E-state index is 0.0926. The molecule has 0 aromatic heterocycles. The number of benzene rings is 1. The Hall–Kier alpha value is -1.43. The zero-order valence-electron chi connectivity index (χ0n) is 13.9. The number of likely N-dealkylation sites (tertiary alicyclic amines) is 1. The number of carbonyl (C=O) groups excluding carboxylic acids is 1. The van der Waals surface area contributed by atoms with Crippen LogP contribution in [0.1, 0.15) is 38.3 Å². The summed E-state index contributed by atoms with van der Waals surface area (Å²) in [4.78, 5) is 13.5. The smallest absolute Gasteiger partial charge is 0.302 e. The monoisotopic (exact) mass is 341 g/mol. The molecule has 1 unspecified atom stereocenters. The molecule has 6 heteroatoms. The highest BCUT2D eigenvalue weighted by atomic mass is 32.3. The maximum Gasteiger partial charge on any atom is 0.302 e. The van der Waals surface area contributed by atoms with Crippen LogP contribution in [-0.2, 0) is 26.9 Å². The van der Waals surface area contributed by atoms with E-state index in [0.29, 0.717) is 19.5 Å². The molecular weight excluding hydrogens is 317 g/mol. The maximum absolute atomic E-state index is 12.7. The molecule has 1 atom stereocenters. The standard InChI is InChI=1S/C17H24FNO3S/c1-17(2,3)15-6-4-13(5-7-15)8-9-19-11-14(10-16(19)20)12-23(18,21)22/h4-7,14H,8-12H2,1-3H3. The van der Waals surface area contributed by atoms with E-state index in [2.05, 4.69) is 45.0 Å². The van der Waals surface area contributed by atoms with Crippen LogP contribution in [0.5, 0.6) is 0 Å². The molecule has 1 fully saturated rings. The zero-order chi connectivity index (χ0) is 17.3. The average Bonchev–Trinajstić information content (AvgIpc) is 2.73. The summed E-state index contributed by atoms with van der Waals surface area (Å²) in [5.41, 5.74) is 2.49. The van der Waals surface area contributed by atoms with Crippen molar-refractivity contribution in [2.24, 2.45) is 5.92 Å². The highest BCUT2D eigenvalue weighted by molar-refractivity contribution is 7.86. The second kappa shape index (κ2) is 6.59. The normalized spacial score (nSPS) is 19.4. The highest BCUT2D eigenvalue weighted by Crippen LogP contribution is 2.23. The van der Waals surface area contributed by atoms with Crippen LogP contribution in [0.2, 0.25) is 0 Å². The number of halogens is 1. The summed E-state index contributed by atoms with van der Waals surface area (Å²) in [6, 6.07) is 8.31. The summed E-state index contributed by atoms with van der Waals surface area (Å²) in [5.74, 6) is -1.08. The number of carbonyl (C=O) groups is 1. The number of hydrogen-bond acceptors (Lipinski definition) is 3. The second-order valence-electron chi connectivity index (χ2n) is 7.31. The van der Waals surface area contributed by atoms with Crippen molar-refractivity contribution < 1.29 is 17.1 Å². The molecule has 1 aliphatic rings. The van der Waals surface area contributed by atoms with Crippen molar-refractivity contribution >= 4 is 16.1 Å². The van der Waals surface area contributed by atoms with Gasteiger partial charge in [0, 0.05) is 25.4 Å². The molecule has 0 radical (unpaired) electrons. The topological polar surface area (TPSA) is 54.5 Å². The molecule has 0 aliphatic carbocycles. The lowest BCUT2D eigenvalue weighted by molar-refractivity contribution is -0.127. The molecule has 1 aromatic rings. The number of hydrogen-bond donors (Lipinski definition) is 0. The first-order chi connectivity index (χ1) is 10.5. The summed E-state index contributed by atoms with van der Waals surface area (Å²) in [7, 11) is -4.52. The minimum atomic E-state index is -4.52. The molecule has 1 aliphatic heterocycles. The van der Waals surface area contributed by atoms with Crippen LogP contribution in [0, 0.1) is 5.92 Å². The summed E-state index contributed by atoms with van der Waals surface area (Å²) >= 11 is 0. The molecule has 0 saturated carbocycles. The Kier molecular flexibility index (Phi) is 5.14. The van der Waals surface area contributed by atoms with E-state index in [0.717, 1.165) is 5.56 Å². The lowest BCUT2D eigenvalue weighted by atomic mass is 9.86. The predicted octanol–water partition coefficient (Wildman–Crippen LogP) is 2.67. The van der Waals surface area contributed by atoms with Gasteiger partial charge in [0.15, 0.2) is 0 Å². The van der Waals surface area contributed by atoms with Crippen molar-refractivity contribution in [1.29, 1.82) is 0 Å². The van der Waals surface area contributed by atoms with Gasteiger partial charge in [-0.3, -0.25) is 4.79 Å². The third kappa shape index (κ3) is 5.30. The van der Waals surface area contributed by atoms with Crippen LogP contribution in [0.3, 0.4) is 0 Å². The molecule has 0 spiro atoms. The third-order valence-corrected chi connectivity index (χ3v) is 5.09. The van der Waals surface area contributed by atoms with Crippen molar-refractivity contribution in [3.05, 3.63) is 35.4 Å². The van der Waals surface area contributed by atoms with Crippen LogP contribution in [0.4, 0.5) is 3.89 Å². The molecule has 1 saturated heterocycles. The highest BCUT2D eigenvalue weighted by Gasteiger charge is 2.32. The van der Waals surface area contributed by atoms with Gasteiger partial charge in [0.2, 0.25) is 5.91 Å². The minimum Gasteiger partial charge on any atom is -0.342 e. The van der Waals surface area contributed by atoms with Gasteiger partial charge in [-0.15, -0.1) is 3.89 Å². The lowest BCUT2D eigenvalue weighted by Gasteiger charge is -2.20.